The lowest BCUT2D eigenvalue weighted by Gasteiger charge is -2.22. The quantitative estimate of drug-likeness (QED) is 0.667. The molecule has 1 fully saturated rings. The van der Waals surface area contributed by atoms with Crippen molar-refractivity contribution < 1.29 is 27.5 Å². The highest BCUT2D eigenvalue weighted by molar-refractivity contribution is 5.86. The van der Waals surface area contributed by atoms with Crippen molar-refractivity contribution >= 4 is 11.9 Å². The Morgan fingerprint density at radius 3 is 2.77 bits per heavy atom. The number of rotatable bonds is 7. The third-order valence-corrected chi connectivity index (χ3v) is 5.19. The fourth-order valence-electron chi connectivity index (χ4n) is 3.70. The maximum atomic E-state index is 12.9. The molecule has 0 radical (unpaired) electrons. The van der Waals surface area contributed by atoms with Gasteiger partial charge in [0.2, 0.25) is 5.91 Å². The van der Waals surface area contributed by atoms with Crippen LogP contribution in [-0.2, 0) is 22.3 Å². The van der Waals surface area contributed by atoms with Crippen molar-refractivity contribution in [1.82, 2.24) is 25.2 Å². The number of nitrogens with one attached hydrogen (secondary N) is 1. The second-order valence-electron chi connectivity index (χ2n) is 7.39. The number of halogens is 3. The predicted octanol–water partition coefficient (Wildman–Crippen LogP) is 2.43. The molecule has 0 bridgehead atoms. The smallest absolute Gasteiger partial charge is 0.416 e. The van der Waals surface area contributed by atoms with Gasteiger partial charge in [-0.2, -0.15) is 13.2 Å². The molecule has 11 heteroatoms. The van der Waals surface area contributed by atoms with Crippen molar-refractivity contribution in [2.24, 2.45) is 0 Å². The largest absolute Gasteiger partial charge is 0.464 e. The van der Waals surface area contributed by atoms with Gasteiger partial charge in [-0.25, -0.2) is 9.48 Å². The molecule has 31 heavy (non-hydrogen) atoms. The minimum Gasteiger partial charge on any atom is -0.464 e. The lowest BCUT2D eigenvalue weighted by molar-refractivity contribution is -0.137. The number of esters is 1. The van der Waals surface area contributed by atoms with Crippen molar-refractivity contribution in [3.63, 3.8) is 0 Å². The highest BCUT2D eigenvalue weighted by Crippen LogP contribution is 2.30. The molecule has 8 nitrogen and oxygen atoms in total. The maximum Gasteiger partial charge on any atom is 0.416 e. The van der Waals surface area contributed by atoms with Crippen LogP contribution in [0, 0.1) is 0 Å². The first kappa shape index (κ1) is 22.7. The number of ether oxygens (including phenoxy) is 1. The van der Waals surface area contributed by atoms with E-state index in [-0.39, 0.29) is 24.2 Å². The van der Waals surface area contributed by atoms with Crippen LogP contribution in [0.1, 0.15) is 47.4 Å². The molecule has 0 spiro atoms. The number of hydrogen-bond donors (Lipinski definition) is 1. The van der Waals surface area contributed by atoms with Crippen LogP contribution in [0.25, 0.3) is 0 Å². The predicted molar refractivity (Wildman–Crippen MR) is 104 cm³/mol. The standard InChI is InChI=1S/C20H24F3N5O3/c1-3-7-27-11-15(28-12-16(25-26-28)19(30)31-2)9-17(27)18(29)24-10-13-5-4-6-14(8-13)20(21,22)23/h4-6,8,12,15,17H,3,7,9-11H2,1-2H3,(H,24,29)/t15-,17+/m1/s1. The number of aromatic nitrogens is 3. The number of methoxy groups -OCH3 is 1. The van der Waals surface area contributed by atoms with Gasteiger partial charge in [0.25, 0.3) is 0 Å². The van der Waals surface area contributed by atoms with Crippen LogP contribution < -0.4 is 5.32 Å². The Hall–Kier alpha value is -2.95. The van der Waals surface area contributed by atoms with E-state index in [0.717, 1.165) is 18.6 Å². The molecule has 1 aliphatic rings. The second-order valence-corrected chi connectivity index (χ2v) is 7.39. The summed E-state index contributed by atoms with van der Waals surface area (Å²) in [6, 6.07) is 4.27. The summed E-state index contributed by atoms with van der Waals surface area (Å²) in [6.45, 7) is 3.21. The first-order chi connectivity index (χ1) is 14.7. The number of carbonyl (C=O) groups excluding carboxylic acids is 2. The Labute approximate surface area is 177 Å². The lowest BCUT2D eigenvalue weighted by Crippen LogP contribution is -2.43. The third kappa shape index (κ3) is 5.40. The summed E-state index contributed by atoms with van der Waals surface area (Å²) in [5.41, 5.74) is -0.291. The minimum atomic E-state index is -4.43. The van der Waals surface area contributed by atoms with Crippen molar-refractivity contribution in [2.75, 3.05) is 20.2 Å². The van der Waals surface area contributed by atoms with Crippen LogP contribution in [0.2, 0.25) is 0 Å². The molecule has 168 valence electrons. The normalized spacial score (nSPS) is 19.4. The Bertz CT molecular complexity index is 931. The molecule has 0 unspecified atom stereocenters. The molecule has 2 atom stereocenters. The van der Waals surface area contributed by atoms with Gasteiger partial charge in [0, 0.05) is 13.1 Å². The van der Waals surface area contributed by atoms with E-state index in [9.17, 15) is 22.8 Å². The van der Waals surface area contributed by atoms with Gasteiger partial charge in [-0.05, 0) is 37.1 Å². The minimum absolute atomic E-state index is 0.000298. The van der Waals surface area contributed by atoms with Crippen LogP contribution in [0.15, 0.2) is 30.5 Å². The summed E-state index contributed by atoms with van der Waals surface area (Å²) in [6.07, 6.45) is -1.67. The van der Waals surface area contributed by atoms with Gasteiger partial charge in [-0.15, -0.1) is 5.10 Å². The summed E-state index contributed by atoms with van der Waals surface area (Å²) >= 11 is 0. The van der Waals surface area contributed by atoms with Gasteiger partial charge < -0.3 is 10.1 Å². The summed E-state index contributed by atoms with van der Waals surface area (Å²) in [5, 5.41) is 10.5. The zero-order chi connectivity index (χ0) is 22.6. The molecular weight excluding hydrogens is 415 g/mol. The van der Waals surface area contributed by atoms with Crippen molar-refractivity contribution in [3.8, 4) is 0 Å². The van der Waals surface area contributed by atoms with Gasteiger partial charge in [-0.3, -0.25) is 9.69 Å². The van der Waals surface area contributed by atoms with Gasteiger partial charge >= 0.3 is 12.1 Å². The fraction of sp³-hybridized carbons (Fsp3) is 0.500. The number of benzene rings is 1. The zero-order valence-electron chi connectivity index (χ0n) is 17.2. The second kappa shape index (κ2) is 9.46. The van der Waals surface area contributed by atoms with Crippen molar-refractivity contribution in [2.45, 2.75) is 44.6 Å². The van der Waals surface area contributed by atoms with E-state index in [2.05, 4.69) is 20.4 Å². The van der Waals surface area contributed by atoms with E-state index >= 15 is 0 Å². The molecule has 3 rings (SSSR count). The van der Waals surface area contributed by atoms with Gasteiger partial charge in [0.1, 0.15) is 0 Å². The summed E-state index contributed by atoms with van der Waals surface area (Å²) < 4.78 is 44.9. The van der Waals surface area contributed by atoms with Gasteiger partial charge in [0.05, 0.1) is 31.0 Å². The van der Waals surface area contributed by atoms with Crippen molar-refractivity contribution in [1.29, 1.82) is 0 Å². The highest BCUT2D eigenvalue weighted by atomic mass is 19.4. The zero-order valence-corrected chi connectivity index (χ0v) is 17.2. The van der Waals surface area contributed by atoms with Crippen molar-refractivity contribution in [3.05, 3.63) is 47.3 Å². The van der Waals surface area contributed by atoms with E-state index in [0.29, 0.717) is 25.1 Å². The lowest BCUT2D eigenvalue weighted by atomic mass is 10.1. The Morgan fingerprint density at radius 1 is 1.32 bits per heavy atom. The van der Waals surface area contributed by atoms with E-state index < -0.39 is 23.8 Å². The van der Waals surface area contributed by atoms with Crippen LogP contribution in [0.3, 0.4) is 0 Å². The molecule has 1 saturated heterocycles. The molecule has 0 aliphatic carbocycles. The SMILES string of the molecule is CCCN1C[C@H](n2cc(C(=O)OC)nn2)C[C@H]1C(=O)NCc1cccc(C(F)(F)F)c1. The number of alkyl halides is 3. The topological polar surface area (TPSA) is 89.3 Å². The van der Waals surface area contributed by atoms with E-state index in [1.54, 1.807) is 10.7 Å². The highest BCUT2D eigenvalue weighted by Gasteiger charge is 2.38. The van der Waals surface area contributed by atoms with E-state index in [4.69, 9.17) is 0 Å². The Kier molecular flexibility index (Phi) is 6.94. The molecule has 1 aromatic carbocycles. The average Bonchev–Trinajstić information content (AvgIpc) is 3.39. The van der Waals surface area contributed by atoms with E-state index in [1.165, 1.54) is 19.4 Å². The molecule has 1 amide bonds. The molecule has 1 N–H and O–H groups in total. The molecule has 2 heterocycles. The molecule has 2 aromatic rings. The number of amides is 1. The first-order valence-electron chi connectivity index (χ1n) is 9.91. The van der Waals surface area contributed by atoms with Gasteiger partial charge in [0.15, 0.2) is 5.69 Å². The molecular formula is C20H24F3N5O3. The fourth-order valence-corrected chi connectivity index (χ4v) is 3.70. The van der Waals surface area contributed by atoms with Gasteiger partial charge in [-0.1, -0.05) is 24.3 Å². The average molecular weight is 439 g/mol. The maximum absolute atomic E-state index is 12.9. The first-order valence-corrected chi connectivity index (χ1v) is 9.91. The molecule has 1 aromatic heterocycles. The number of carbonyl (C=O) groups is 2. The third-order valence-electron chi connectivity index (χ3n) is 5.19. The summed E-state index contributed by atoms with van der Waals surface area (Å²) in [7, 11) is 1.25. The van der Waals surface area contributed by atoms with Crippen LogP contribution in [0.5, 0.6) is 0 Å². The summed E-state index contributed by atoms with van der Waals surface area (Å²) in [4.78, 5) is 26.4. The molecule has 1 aliphatic heterocycles. The van der Waals surface area contributed by atoms with E-state index in [1.807, 2.05) is 11.8 Å². The molecule has 0 saturated carbocycles. The summed E-state index contributed by atoms with van der Waals surface area (Å²) in [5.74, 6) is -0.855. The van der Waals surface area contributed by atoms with Crippen LogP contribution in [-0.4, -0.2) is 58.0 Å². The Morgan fingerprint density at radius 2 is 2.10 bits per heavy atom. The number of nitrogens with zero attached hydrogens (tertiary/aromatic N) is 4. The Balaban J connectivity index is 1.66. The number of likely N-dealkylation sites (tertiary alicyclic amines) is 1. The number of hydrogen-bond acceptors (Lipinski definition) is 6. The monoisotopic (exact) mass is 439 g/mol. The van der Waals surface area contributed by atoms with Crippen LogP contribution in [0.4, 0.5) is 13.2 Å². The van der Waals surface area contributed by atoms with Crippen LogP contribution >= 0.6 is 0 Å².